The molecule has 0 N–H and O–H groups in total. The maximum Gasteiger partial charge on any atom is 0.339 e. The molecular formula is C21H23N3O2. The molecule has 5 nitrogen and oxygen atoms in total. The lowest BCUT2D eigenvalue weighted by Crippen LogP contribution is -2.45. The van der Waals surface area contributed by atoms with Crippen LogP contribution in [0.5, 0.6) is 0 Å². The van der Waals surface area contributed by atoms with Crippen molar-refractivity contribution in [2.75, 3.05) is 13.2 Å². The number of hydrogen-bond acceptors (Lipinski definition) is 4. The summed E-state index contributed by atoms with van der Waals surface area (Å²) in [4.78, 5) is 19.0. The molecule has 0 bridgehead atoms. The van der Waals surface area contributed by atoms with E-state index >= 15 is 0 Å². The zero-order chi connectivity index (χ0) is 18.0. The van der Waals surface area contributed by atoms with Crippen molar-refractivity contribution in [1.82, 2.24) is 14.3 Å². The van der Waals surface area contributed by atoms with Gasteiger partial charge in [0.25, 0.3) is 0 Å². The lowest BCUT2D eigenvalue weighted by atomic mass is 9.99. The number of benzene rings is 1. The predicted molar refractivity (Wildman–Crippen MR) is 100.0 cm³/mol. The van der Waals surface area contributed by atoms with Crippen LogP contribution in [0.15, 0.2) is 61.2 Å². The second-order valence-electron chi connectivity index (χ2n) is 7.23. The molecule has 1 fully saturated rings. The van der Waals surface area contributed by atoms with E-state index in [-0.39, 0.29) is 11.5 Å². The monoisotopic (exact) mass is 349 g/mol. The van der Waals surface area contributed by atoms with E-state index in [0.717, 1.165) is 31.4 Å². The van der Waals surface area contributed by atoms with Crippen molar-refractivity contribution in [3.05, 3.63) is 72.3 Å². The number of esters is 1. The molecule has 1 aliphatic heterocycles. The number of rotatable bonds is 5. The maximum absolute atomic E-state index is 12.5. The second-order valence-corrected chi connectivity index (χ2v) is 7.23. The van der Waals surface area contributed by atoms with Crippen LogP contribution in [-0.2, 0) is 11.3 Å². The molecule has 4 rings (SSSR count). The molecule has 2 aromatic heterocycles. The largest absolute Gasteiger partial charge is 0.460 e. The van der Waals surface area contributed by atoms with Crippen molar-refractivity contribution in [3.8, 4) is 0 Å². The van der Waals surface area contributed by atoms with Gasteiger partial charge in [-0.3, -0.25) is 4.90 Å². The van der Waals surface area contributed by atoms with Gasteiger partial charge in [-0.15, -0.1) is 0 Å². The first kappa shape index (κ1) is 16.8. The highest BCUT2D eigenvalue weighted by atomic mass is 16.5. The third-order valence-electron chi connectivity index (χ3n) is 5.28. The summed E-state index contributed by atoms with van der Waals surface area (Å²) in [7, 11) is 0. The standard InChI is InChI=1S/C21H23N3O2/c1-21(10-5-11-24(21)13-17-6-3-2-4-7-17)15-26-20(25)18-8-9-19-12-22-16-23(19)14-18/h2-4,6-9,12,14,16H,5,10-11,13,15H2,1H3. The summed E-state index contributed by atoms with van der Waals surface area (Å²) in [5, 5.41) is 0. The number of carbonyl (C=O) groups excluding carboxylic acids is 1. The molecule has 26 heavy (non-hydrogen) atoms. The Morgan fingerprint density at radius 3 is 2.92 bits per heavy atom. The van der Waals surface area contributed by atoms with Gasteiger partial charge in [0.2, 0.25) is 0 Å². The van der Waals surface area contributed by atoms with Crippen molar-refractivity contribution in [3.63, 3.8) is 0 Å². The number of fused-ring (bicyclic) bond motifs is 1. The van der Waals surface area contributed by atoms with E-state index in [1.807, 2.05) is 16.5 Å². The van der Waals surface area contributed by atoms with Crippen LogP contribution in [0.3, 0.4) is 0 Å². The van der Waals surface area contributed by atoms with E-state index in [2.05, 4.69) is 41.1 Å². The molecule has 3 aromatic rings. The van der Waals surface area contributed by atoms with Crippen LogP contribution in [-0.4, -0.2) is 38.9 Å². The minimum atomic E-state index is -0.284. The van der Waals surface area contributed by atoms with Crippen molar-refractivity contribution in [2.45, 2.75) is 31.8 Å². The van der Waals surface area contributed by atoms with Gasteiger partial charge in [0.05, 0.1) is 29.1 Å². The lowest BCUT2D eigenvalue weighted by Gasteiger charge is -2.34. The van der Waals surface area contributed by atoms with Crippen molar-refractivity contribution in [2.24, 2.45) is 0 Å². The first-order chi connectivity index (χ1) is 12.6. The van der Waals surface area contributed by atoms with Crippen LogP contribution in [0.2, 0.25) is 0 Å². The molecule has 0 amide bonds. The Bertz CT molecular complexity index is 906. The summed E-state index contributed by atoms with van der Waals surface area (Å²) in [5.74, 6) is -0.284. The predicted octanol–water partition coefficient (Wildman–Crippen LogP) is 3.55. The fraction of sp³-hybridized carbons (Fsp3) is 0.333. The van der Waals surface area contributed by atoms with Gasteiger partial charge in [0.1, 0.15) is 6.61 Å². The molecule has 3 heterocycles. The van der Waals surface area contributed by atoms with Crippen LogP contribution in [0.1, 0.15) is 35.7 Å². The molecular weight excluding hydrogens is 326 g/mol. The summed E-state index contributed by atoms with van der Waals surface area (Å²) >= 11 is 0. The number of nitrogens with zero attached hydrogens (tertiary/aromatic N) is 3. The third kappa shape index (κ3) is 3.35. The molecule has 0 spiro atoms. The zero-order valence-corrected chi connectivity index (χ0v) is 15.0. The molecule has 1 aromatic carbocycles. The van der Waals surface area contributed by atoms with Crippen LogP contribution >= 0.6 is 0 Å². The minimum Gasteiger partial charge on any atom is -0.460 e. The Morgan fingerprint density at radius 1 is 1.23 bits per heavy atom. The summed E-state index contributed by atoms with van der Waals surface area (Å²) in [6.45, 7) is 4.51. The number of hydrogen-bond donors (Lipinski definition) is 0. The quantitative estimate of drug-likeness (QED) is 0.661. The Labute approximate surface area is 153 Å². The van der Waals surface area contributed by atoms with Gasteiger partial charge in [0, 0.05) is 12.7 Å². The minimum absolute atomic E-state index is 0.120. The first-order valence-electron chi connectivity index (χ1n) is 9.02. The third-order valence-corrected chi connectivity index (χ3v) is 5.28. The molecule has 1 aliphatic rings. The second kappa shape index (κ2) is 6.92. The molecule has 1 unspecified atom stereocenters. The Balaban J connectivity index is 1.42. The summed E-state index contributed by atoms with van der Waals surface area (Å²) in [5.41, 5.74) is 2.67. The number of carbonyl (C=O) groups is 1. The highest BCUT2D eigenvalue weighted by Gasteiger charge is 2.37. The number of ether oxygens (including phenoxy) is 1. The molecule has 1 atom stereocenters. The van der Waals surface area contributed by atoms with Gasteiger partial charge in [-0.1, -0.05) is 30.3 Å². The Hall–Kier alpha value is -2.66. The SMILES string of the molecule is CC1(COC(=O)c2ccc3cncn3c2)CCCN1Cc1ccccc1. The summed E-state index contributed by atoms with van der Waals surface area (Å²) < 4.78 is 7.52. The Kier molecular flexibility index (Phi) is 4.47. The summed E-state index contributed by atoms with van der Waals surface area (Å²) in [6, 6.07) is 14.1. The molecule has 0 radical (unpaired) electrons. The first-order valence-corrected chi connectivity index (χ1v) is 9.02. The molecule has 134 valence electrons. The highest BCUT2D eigenvalue weighted by molar-refractivity contribution is 5.89. The fourth-order valence-electron chi connectivity index (χ4n) is 3.66. The topological polar surface area (TPSA) is 46.8 Å². The number of aromatic nitrogens is 2. The molecule has 1 saturated heterocycles. The van der Waals surface area contributed by atoms with Crippen LogP contribution in [0, 0.1) is 0 Å². The smallest absolute Gasteiger partial charge is 0.339 e. The van der Waals surface area contributed by atoms with Crippen LogP contribution in [0.4, 0.5) is 0 Å². The van der Waals surface area contributed by atoms with E-state index in [4.69, 9.17) is 4.74 Å². The molecule has 5 heteroatoms. The average molecular weight is 349 g/mol. The number of likely N-dealkylation sites (tertiary alicyclic amines) is 1. The lowest BCUT2D eigenvalue weighted by molar-refractivity contribution is 0.0180. The fourth-order valence-corrected chi connectivity index (χ4v) is 3.66. The molecule has 0 saturated carbocycles. The number of pyridine rings is 1. The van der Waals surface area contributed by atoms with Crippen molar-refractivity contribution >= 4 is 11.5 Å². The van der Waals surface area contributed by atoms with E-state index in [0.29, 0.717) is 12.2 Å². The van der Waals surface area contributed by atoms with E-state index < -0.39 is 0 Å². The van der Waals surface area contributed by atoms with Crippen molar-refractivity contribution < 1.29 is 9.53 Å². The number of imidazole rings is 1. The molecule has 0 aliphatic carbocycles. The van der Waals surface area contributed by atoms with Gasteiger partial charge >= 0.3 is 5.97 Å². The van der Waals surface area contributed by atoms with Gasteiger partial charge in [-0.05, 0) is 44.0 Å². The summed E-state index contributed by atoms with van der Waals surface area (Å²) in [6.07, 6.45) is 7.38. The normalized spacial score (nSPS) is 20.5. The zero-order valence-electron chi connectivity index (χ0n) is 15.0. The average Bonchev–Trinajstić information content (AvgIpc) is 3.27. The maximum atomic E-state index is 12.5. The van der Waals surface area contributed by atoms with Gasteiger partial charge in [-0.25, -0.2) is 9.78 Å². The van der Waals surface area contributed by atoms with E-state index in [1.54, 1.807) is 24.8 Å². The van der Waals surface area contributed by atoms with Gasteiger partial charge in [-0.2, -0.15) is 0 Å². The van der Waals surface area contributed by atoms with Gasteiger partial charge < -0.3 is 9.14 Å². The Morgan fingerprint density at radius 2 is 2.08 bits per heavy atom. The van der Waals surface area contributed by atoms with E-state index in [1.165, 1.54) is 5.56 Å². The van der Waals surface area contributed by atoms with Crippen LogP contribution < -0.4 is 0 Å². The van der Waals surface area contributed by atoms with Gasteiger partial charge in [0.15, 0.2) is 0 Å². The van der Waals surface area contributed by atoms with E-state index in [9.17, 15) is 4.79 Å². The van der Waals surface area contributed by atoms with Crippen molar-refractivity contribution in [1.29, 1.82) is 0 Å². The van der Waals surface area contributed by atoms with Crippen LogP contribution in [0.25, 0.3) is 5.52 Å². The highest BCUT2D eigenvalue weighted by Crippen LogP contribution is 2.31.